The van der Waals surface area contributed by atoms with Crippen molar-refractivity contribution in [2.45, 2.75) is 24.1 Å². The van der Waals surface area contributed by atoms with Crippen molar-refractivity contribution in [3.8, 4) is 17.4 Å². The minimum atomic E-state index is -4.40. The summed E-state index contributed by atoms with van der Waals surface area (Å²) in [4.78, 5) is 16.0. The number of H-pyrrole nitrogens is 1. The van der Waals surface area contributed by atoms with E-state index in [9.17, 15) is 13.2 Å². The summed E-state index contributed by atoms with van der Waals surface area (Å²) in [5, 5.41) is 6.24. The van der Waals surface area contributed by atoms with Crippen LogP contribution in [0.3, 0.4) is 0 Å². The Morgan fingerprint density at radius 3 is 2.82 bits per heavy atom. The number of fused-ring (bicyclic) bond motifs is 5. The quantitative estimate of drug-likeness (QED) is 0.418. The molecule has 3 aliphatic rings. The molecule has 0 bridgehead atoms. The molecule has 8 nitrogen and oxygen atoms in total. The van der Waals surface area contributed by atoms with Crippen molar-refractivity contribution in [3.05, 3.63) is 59.7 Å². The van der Waals surface area contributed by atoms with Crippen LogP contribution in [-0.4, -0.2) is 32.7 Å². The smallest absolute Gasteiger partial charge is 0.416 e. The van der Waals surface area contributed by atoms with Gasteiger partial charge < -0.3 is 25.1 Å². The van der Waals surface area contributed by atoms with Crippen LogP contribution in [0.4, 0.5) is 24.7 Å². The number of anilines is 2. The predicted molar refractivity (Wildman–Crippen MR) is 112 cm³/mol. The third-order valence-corrected chi connectivity index (χ3v) is 6.25. The van der Waals surface area contributed by atoms with E-state index in [-0.39, 0.29) is 17.9 Å². The van der Waals surface area contributed by atoms with E-state index in [1.54, 1.807) is 0 Å². The van der Waals surface area contributed by atoms with Crippen molar-refractivity contribution in [3.63, 3.8) is 0 Å². The molecule has 0 saturated heterocycles. The molecule has 3 unspecified atom stereocenters. The molecule has 3 N–H and O–H groups in total. The summed E-state index contributed by atoms with van der Waals surface area (Å²) in [6, 6.07) is 9.12. The van der Waals surface area contributed by atoms with E-state index in [2.05, 4.69) is 30.6 Å². The van der Waals surface area contributed by atoms with Gasteiger partial charge in [0.15, 0.2) is 5.82 Å². The van der Waals surface area contributed by atoms with Crippen LogP contribution in [-0.2, 0) is 6.18 Å². The highest BCUT2D eigenvalue weighted by atomic mass is 19.4. The number of hydrogen-bond donors (Lipinski definition) is 3. The Bertz CT molecular complexity index is 1440. The van der Waals surface area contributed by atoms with Crippen LogP contribution in [0.15, 0.2) is 42.7 Å². The van der Waals surface area contributed by atoms with Crippen LogP contribution >= 0.6 is 0 Å². The Morgan fingerprint density at radius 1 is 1.03 bits per heavy atom. The minimum absolute atomic E-state index is 0.0522. The first-order valence-electron chi connectivity index (χ1n) is 10.3. The van der Waals surface area contributed by atoms with Gasteiger partial charge in [-0.25, -0.2) is 9.97 Å². The zero-order valence-corrected chi connectivity index (χ0v) is 16.8. The van der Waals surface area contributed by atoms with Crippen LogP contribution in [0, 0.1) is 0 Å². The van der Waals surface area contributed by atoms with Crippen LogP contribution in [0.2, 0.25) is 0 Å². The summed E-state index contributed by atoms with van der Waals surface area (Å²) in [5.74, 6) is 3.12. The van der Waals surface area contributed by atoms with Gasteiger partial charge in [-0.1, -0.05) is 0 Å². The van der Waals surface area contributed by atoms with E-state index >= 15 is 0 Å². The number of benzene rings is 2. The second-order valence-electron chi connectivity index (χ2n) is 8.22. The molecule has 2 aromatic heterocycles. The van der Waals surface area contributed by atoms with Gasteiger partial charge in [0.05, 0.1) is 29.2 Å². The summed E-state index contributed by atoms with van der Waals surface area (Å²) >= 11 is 0. The molecular formula is C22H15F3N6O2. The number of rotatable bonds is 3. The van der Waals surface area contributed by atoms with Gasteiger partial charge in [-0.05, 0) is 36.4 Å². The van der Waals surface area contributed by atoms with Gasteiger partial charge in [-0.15, -0.1) is 0 Å². The summed E-state index contributed by atoms with van der Waals surface area (Å²) in [6.45, 7) is 0.551. The van der Waals surface area contributed by atoms with E-state index in [1.165, 1.54) is 12.4 Å². The maximum atomic E-state index is 13.0. The largest absolute Gasteiger partial charge is 0.489 e. The van der Waals surface area contributed by atoms with E-state index < -0.39 is 11.7 Å². The third-order valence-electron chi connectivity index (χ3n) is 6.25. The van der Waals surface area contributed by atoms with Crippen molar-refractivity contribution in [1.82, 2.24) is 19.9 Å². The molecule has 33 heavy (non-hydrogen) atoms. The van der Waals surface area contributed by atoms with E-state index in [0.717, 1.165) is 23.4 Å². The molecule has 4 aromatic rings. The zero-order chi connectivity index (χ0) is 22.3. The molecule has 1 saturated carbocycles. The fraction of sp³-hybridized carbons (Fsp3) is 0.227. The first-order valence-corrected chi connectivity index (χ1v) is 10.3. The van der Waals surface area contributed by atoms with Crippen LogP contribution in [0.5, 0.6) is 17.4 Å². The van der Waals surface area contributed by atoms with Crippen molar-refractivity contribution >= 4 is 22.5 Å². The summed E-state index contributed by atoms with van der Waals surface area (Å²) < 4.78 is 51.2. The number of aromatic nitrogens is 4. The molecular weight excluding hydrogens is 437 g/mol. The lowest BCUT2D eigenvalue weighted by atomic mass is 10.1. The lowest BCUT2D eigenvalue weighted by Gasteiger charge is -2.11. The fourth-order valence-electron chi connectivity index (χ4n) is 4.66. The number of alkyl halides is 3. The molecule has 1 fully saturated rings. The zero-order valence-electron chi connectivity index (χ0n) is 16.8. The summed E-state index contributed by atoms with van der Waals surface area (Å²) in [5.41, 5.74) is 1.85. The maximum absolute atomic E-state index is 13.0. The number of nitrogens with zero attached hydrogens (tertiary/aromatic N) is 3. The van der Waals surface area contributed by atoms with Crippen molar-refractivity contribution in [2.24, 2.45) is 0 Å². The van der Waals surface area contributed by atoms with E-state index in [0.29, 0.717) is 46.7 Å². The Kier molecular flexibility index (Phi) is 3.52. The lowest BCUT2D eigenvalue weighted by molar-refractivity contribution is -0.137. The number of nitrogens with one attached hydrogen (secondary N) is 3. The molecule has 1 aliphatic carbocycles. The highest BCUT2D eigenvalue weighted by Crippen LogP contribution is 2.63. The summed E-state index contributed by atoms with van der Waals surface area (Å²) in [6.07, 6.45) is -3.07. The second-order valence-corrected chi connectivity index (χ2v) is 8.22. The third kappa shape index (κ3) is 2.81. The van der Waals surface area contributed by atoms with Crippen molar-refractivity contribution in [2.75, 3.05) is 17.3 Å². The second kappa shape index (κ2) is 6.27. The van der Waals surface area contributed by atoms with Crippen molar-refractivity contribution in [1.29, 1.82) is 0 Å². The first kappa shape index (κ1) is 18.5. The highest BCUT2D eigenvalue weighted by molar-refractivity contribution is 5.77. The molecule has 4 heterocycles. The monoisotopic (exact) mass is 452 g/mol. The lowest BCUT2D eigenvalue weighted by Crippen LogP contribution is -2.04. The average Bonchev–Trinajstić information content (AvgIpc) is 3.18. The SMILES string of the molecule is FC(F)(F)c1ccc2nc(C3C4Oc5ccc(Oc6ncnc7c6NCN7)cc5C43)[nH]c2c1. The first-order chi connectivity index (χ1) is 16.0. The standard InChI is InChI=1S/C22H15F3N6O2/c23-22(24,25)9-1-3-12-13(5-9)31-19(30-12)16-15-11-6-10(2-4-14(11)33-18(15)16)32-21-17-20(27-7-26-17)28-8-29-21/h1-6,8,15-16,18,26H,7H2,(H,30,31)(H,27,28,29). The number of ether oxygens (including phenoxy) is 2. The Labute approximate surface area is 184 Å². The number of halogens is 3. The number of imidazole rings is 1. The van der Waals surface area contributed by atoms with Crippen LogP contribution < -0.4 is 20.1 Å². The van der Waals surface area contributed by atoms with Gasteiger partial charge in [-0.3, -0.25) is 0 Å². The van der Waals surface area contributed by atoms with Crippen LogP contribution in [0.1, 0.15) is 28.8 Å². The minimum Gasteiger partial charge on any atom is -0.489 e. The predicted octanol–water partition coefficient (Wildman–Crippen LogP) is 4.60. The molecule has 0 radical (unpaired) electrons. The molecule has 11 heteroatoms. The Balaban J connectivity index is 1.17. The molecule has 2 aliphatic heterocycles. The molecule has 166 valence electrons. The van der Waals surface area contributed by atoms with Gasteiger partial charge in [0.25, 0.3) is 0 Å². The van der Waals surface area contributed by atoms with Gasteiger partial charge in [0.1, 0.15) is 35.4 Å². The van der Waals surface area contributed by atoms with Gasteiger partial charge in [0.2, 0.25) is 5.88 Å². The molecule has 0 amide bonds. The number of aromatic amines is 1. The molecule has 2 aromatic carbocycles. The van der Waals surface area contributed by atoms with Gasteiger partial charge in [-0.2, -0.15) is 18.2 Å². The number of hydrogen-bond acceptors (Lipinski definition) is 7. The van der Waals surface area contributed by atoms with Gasteiger partial charge in [0, 0.05) is 11.5 Å². The topological polar surface area (TPSA) is 97.0 Å². The van der Waals surface area contributed by atoms with E-state index in [1.807, 2.05) is 18.2 Å². The molecule has 7 rings (SSSR count). The molecule has 0 spiro atoms. The highest BCUT2D eigenvalue weighted by Gasteiger charge is 2.61. The normalized spacial score (nSPS) is 22.1. The Morgan fingerprint density at radius 2 is 1.94 bits per heavy atom. The maximum Gasteiger partial charge on any atom is 0.416 e. The van der Waals surface area contributed by atoms with Gasteiger partial charge >= 0.3 is 6.18 Å². The van der Waals surface area contributed by atoms with Crippen molar-refractivity contribution < 1.29 is 22.6 Å². The molecule has 3 atom stereocenters. The van der Waals surface area contributed by atoms with Crippen LogP contribution in [0.25, 0.3) is 11.0 Å². The summed E-state index contributed by atoms with van der Waals surface area (Å²) in [7, 11) is 0. The Hall–Kier alpha value is -4.02. The van der Waals surface area contributed by atoms with E-state index in [4.69, 9.17) is 9.47 Å². The fourth-order valence-corrected chi connectivity index (χ4v) is 4.66. The average molecular weight is 452 g/mol.